The van der Waals surface area contributed by atoms with Crippen molar-refractivity contribution in [3.63, 3.8) is 0 Å². The second-order valence-electron chi connectivity index (χ2n) is 11.6. The van der Waals surface area contributed by atoms with Crippen LogP contribution in [0.3, 0.4) is 0 Å². The Morgan fingerprint density at radius 3 is 2.19 bits per heavy atom. The van der Waals surface area contributed by atoms with E-state index in [2.05, 4.69) is 97.1 Å². The number of hydrogen-bond acceptors (Lipinski definition) is 3. The minimum atomic E-state index is -0.0394. The largest absolute Gasteiger partial charge is 0.228 e. The van der Waals surface area contributed by atoms with E-state index in [-0.39, 0.29) is 5.41 Å². The fourth-order valence-corrected chi connectivity index (χ4v) is 7.32. The first-order valence-corrected chi connectivity index (χ1v) is 14.9. The summed E-state index contributed by atoms with van der Waals surface area (Å²) in [6, 6.07) is 42.8. The van der Waals surface area contributed by atoms with Gasteiger partial charge in [-0.15, -0.1) is 0 Å². The van der Waals surface area contributed by atoms with Gasteiger partial charge in [0.15, 0.2) is 5.82 Å². The van der Waals surface area contributed by atoms with Gasteiger partial charge in [0, 0.05) is 22.1 Å². The summed E-state index contributed by atoms with van der Waals surface area (Å²) >= 11 is 0. The van der Waals surface area contributed by atoms with E-state index in [1.54, 1.807) is 0 Å². The minimum absolute atomic E-state index is 0.0394. The van der Waals surface area contributed by atoms with E-state index in [9.17, 15) is 5.26 Å². The van der Waals surface area contributed by atoms with Gasteiger partial charge in [0.25, 0.3) is 0 Å². The average Bonchev–Trinajstić information content (AvgIpc) is 3.33. The third-order valence-corrected chi connectivity index (χ3v) is 9.30. The second-order valence-corrected chi connectivity index (χ2v) is 11.6. The van der Waals surface area contributed by atoms with Crippen LogP contribution in [0.1, 0.15) is 48.8 Å². The SMILES string of the molecule is N#Cc1ccc2c(c1)C1(CCCCC1)c1cccc(-c3cc(-c4ccc5ccccc5c4)nc(-c4ccccc4)n3)c1-2. The Bertz CT molecular complexity index is 2030. The van der Waals surface area contributed by atoms with Crippen LogP contribution in [0.4, 0.5) is 0 Å². The molecule has 5 aromatic carbocycles. The zero-order chi connectivity index (χ0) is 28.1. The predicted octanol–water partition coefficient (Wildman–Crippen LogP) is 9.73. The van der Waals surface area contributed by atoms with E-state index < -0.39 is 0 Å². The van der Waals surface area contributed by atoms with Gasteiger partial charge in [-0.2, -0.15) is 5.26 Å². The highest BCUT2D eigenvalue weighted by molar-refractivity contribution is 5.93. The molecule has 8 rings (SSSR count). The van der Waals surface area contributed by atoms with Crippen molar-refractivity contribution in [2.24, 2.45) is 0 Å². The molecule has 2 aliphatic carbocycles. The summed E-state index contributed by atoms with van der Waals surface area (Å²) < 4.78 is 0. The molecular formula is C39H29N3. The highest BCUT2D eigenvalue weighted by Crippen LogP contribution is 2.58. The molecule has 0 atom stereocenters. The van der Waals surface area contributed by atoms with Gasteiger partial charge < -0.3 is 0 Å². The van der Waals surface area contributed by atoms with Crippen molar-refractivity contribution in [1.29, 1.82) is 5.26 Å². The van der Waals surface area contributed by atoms with Crippen LogP contribution in [0, 0.1) is 11.3 Å². The summed E-state index contributed by atoms with van der Waals surface area (Å²) in [7, 11) is 0. The van der Waals surface area contributed by atoms with E-state index in [0.717, 1.165) is 52.3 Å². The fourth-order valence-electron chi connectivity index (χ4n) is 7.32. The first-order chi connectivity index (χ1) is 20.7. The molecule has 1 aromatic heterocycles. The summed E-state index contributed by atoms with van der Waals surface area (Å²) in [6.45, 7) is 0. The standard InChI is InChI=1S/C39H29N3/c40-25-26-16-19-31-34(22-26)39(20-7-2-8-21-39)33-15-9-14-32(37(31)33)36-24-35(41-38(42-36)28-11-3-1-4-12-28)30-18-17-27-10-5-6-13-29(27)23-30/h1,3-6,9-19,22-24H,2,7-8,20-21H2. The zero-order valence-corrected chi connectivity index (χ0v) is 23.3. The van der Waals surface area contributed by atoms with Crippen LogP contribution in [0.5, 0.6) is 0 Å². The van der Waals surface area contributed by atoms with Crippen LogP contribution in [-0.2, 0) is 5.41 Å². The average molecular weight is 540 g/mol. The molecule has 0 aliphatic heterocycles. The number of nitriles is 1. The highest BCUT2D eigenvalue weighted by Gasteiger charge is 2.44. The predicted molar refractivity (Wildman–Crippen MR) is 170 cm³/mol. The van der Waals surface area contributed by atoms with Crippen molar-refractivity contribution in [3.05, 3.63) is 132 Å². The van der Waals surface area contributed by atoms with Gasteiger partial charge in [0.05, 0.1) is 23.0 Å². The lowest BCUT2D eigenvalue weighted by molar-refractivity contribution is 0.353. The molecule has 0 N–H and O–H groups in total. The number of rotatable bonds is 3. The molecule has 6 aromatic rings. The summed E-state index contributed by atoms with van der Waals surface area (Å²) in [5.74, 6) is 0.722. The van der Waals surface area contributed by atoms with E-state index in [4.69, 9.17) is 9.97 Å². The Kier molecular flexibility index (Phi) is 5.76. The molecule has 1 spiro atoms. The molecule has 42 heavy (non-hydrogen) atoms. The summed E-state index contributed by atoms with van der Waals surface area (Å²) in [4.78, 5) is 10.3. The zero-order valence-electron chi connectivity index (χ0n) is 23.3. The second kappa shape index (κ2) is 9.79. The molecule has 1 fully saturated rings. The number of hydrogen-bond donors (Lipinski definition) is 0. The lowest BCUT2D eigenvalue weighted by Gasteiger charge is -2.36. The van der Waals surface area contributed by atoms with E-state index in [1.807, 2.05) is 24.3 Å². The summed E-state index contributed by atoms with van der Waals surface area (Å²) in [6.07, 6.45) is 5.92. The lowest BCUT2D eigenvalue weighted by Crippen LogP contribution is -2.28. The Morgan fingerprint density at radius 2 is 1.36 bits per heavy atom. The first kappa shape index (κ1) is 24.7. The van der Waals surface area contributed by atoms with Crippen LogP contribution >= 0.6 is 0 Å². The Morgan fingerprint density at radius 1 is 0.571 bits per heavy atom. The molecule has 0 unspecified atom stereocenters. The minimum Gasteiger partial charge on any atom is -0.228 e. The molecule has 3 heteroatoms. The van der Waals surface area contributed by atoms with Gasteiger partial charge in [-0.3, -0.25) is 0 Å². The van der Waals surface area contributed by atoms with Crippen LogP contribution in [-0.4, -0.2) is 9.97 Å². The van der Waals surface area contributed by atoms with Gasteiger partial charge in [-0.25, -0.2) is 9.97 Å². The van der Waals surface area contributed by atoms with Crippen molar-refractivity contribution in [3.8, 4) is 51.1 Å². The molecule has 0 bridgehead atoms. The molecule has 2 aliphatic rings. The van der Waals surface area contributed by atoms with E-state index in [1.165, 1.54) is 52.3 Å². The van der Waals surface area contributed by atoms with Gasteiger partial charge in [0.2, 0.25) is 0 Å². The van der Waals surface area contributed by atoms with Crippen LogP contribution in [0.15, 0.2) is 115 Å². The number of aromatic nitrogens is 2. The van der Waals surface area contributed by atoms with Gasteiger partial charge >= 0.3 is 0 Å². The van der Waals surface area contributed by atoms with Gasteiger partial charge in [-0.1, -0.05) is 110 Å². The maximum Gasteiger partial charge on any atom is 0.160 e. The lowest BCUT2D eigenvalue weighted by atomic mass is 9.67. The molecule has 200 valence electrons. The molecule has 1 heterocycles. The van der Waals surface area contributed by atoms with Gasteiger partial charge in [-0.05, 0) is 70.1 Å². The number of benzene rings is 5. The van der Waals surface area contributed by atoms with E-state index >= 15 is 0 Å². The smallest absolute Gasteiger partial charge is 0.160 e. The molecule has 0 saturated heterocycles. The van der Waals surface area contributed by atoms with Crippen LogP contribution in [0.25, 0.3) is 55.8 Å². The quantitative estimate of drug-likeness (QED) is 0.225. The Labute approximate surface area is 246 Å². The first-order valence-electron chi connectivity index (χ1n) is 14.9. The molecular weight excluding hydrogens is 510 g/mol. The van der Waals surface area contributed by atoms with Crippen molar-refractivity contribution in [2.45, 2.75) is 37.5 Å². The summed E-state index contributed by atoms with van der Waals surface area (Å²) in [5.41, 5.74) is 10.9. The molecule has 3 nitrogen and oxygen atoms in total. The topological polar surface area (TPSA) is 49.6 Å². The Hall–Kier alpha value is -5.07. The monoisotopic (exact) mass is 539 g/mol. The summed E-state index contributed by atoms with van der Waals surface area (Å²) in [5, 5.41) is 12.2. The number of fused-ring (bicyclic) bond motifs is 6. The van der Waals surface area contributed by atoms with Crippen molar-refractivity contribution in [1.82, 2.24) is 9.97 Å². The van der Waals surface area contributed by atoms with Gasteiger partial charge in [0.1, 0.15) is 0 Å². The molecule has 0 radical (unpaired) electrons. The highest BCUT2D eigenvalue weighted by atomic mass is 14.9. The third-order valence-electron chi connectivity index (χ3n) is 9.30. The molecule has 1 saturated carbocycles. The third kappa shape index (κ3) is 3.87. The maximum absolute atomic E-state index is 9.78. The Balaban J connectivity index is 1.38. The molecule has 0 amide bonds. The van der Waals surface area contributed by atoms with E-state index in [0.29, 0.717) is 0 Å². The van der Waals surface area contributed by atoms with Crippen LogP contribution < -0.4 is 0 Å². The van der Waals surface area contributed by atoms with Crippen LogP contribution in [0.2, 0.25) is 0 Å². The normalized spacial score (nSPS) is 14.8. The fraction of sp³-hybridized carbons (Fsp3) is 0.154. The van der Waals surface area contributed by atoms with Crippen molar-refractivity contribution < 1.29 is 0 Å². The van der Waals surface area contributed by atoms with Crippen molar-refractivity contribution >= 4 is 10.8 Å². The van der Waals surface area contributed by atoms with Crippen molar-refractivity contribution in [2.75, 3.05) is 0 Å². The number of nitrogens with zero attached hydrogens (tertiary/aromatic N) is 3. The maximum atomic E-state index is 9.78.